The van der Waals surface area contributed by atoms with Gasteiger partial charge in [0.2, 0.25) is 6.29 Å². The van der Waals surface area contributed by atoms with Gasteiger partial charge in [0.1, 0.15) is 5.76 Å². The molecule has 0 saturated heterocycles. The first-order chi connectivity index (χ1) is 11.2. The molecule has 3 nitrogen and oxygen atoms in total. The van der Waals surface area contributed by atoms with Gasteiger partial charge in [-0.15, -0.1) is 0 Å². The van der Waals surface area contributed by atoms with E-state index in [1.54, 1.807) is 7.11 Å². The molecule has 4 rings (SSSR count). The highest BCUT2D eigenvalue weighted by atomic mass is 16.7. The highest BCUT2D eigenvalue weighted by Crippen LogP contribution is 2.36. The number of rotatable bonds is 2. The van der Waals surface area contributed by atoms with Gasteiger partial charge in [-0.3, -0.25) is 0 Å². The molecule has 2 aromatic carbocycles. The second-order valence-electron chi connectivity index (χ2n) is 5.72. The molecule has 2 heterocycles. The maximum Gasteiger partial charge on any atom is 0.228 e. The van der Waals surface area contributed by atoms with Crippen LogP contribution in [-0.2, 0) is 9.47 Å². The maximum atomic E-state index is 6.02. The first-order valence-electron chi connectivity index (χ1n) is 7.62. The predicted octanol–water partition coefficient (Wildman–Crippen LogP) is 4.72. The van der Waals surface area contributed by atoms with Crippen LogP contribution in [0.3, 0.4) is 0 Å². The van der Waals surface area contributed by atoms with E-state index in [4.69, 9.17) is 14.5 Å². The van der Waals surface area contributed by atoms with E-state index in [2.05, 4.69) is 31.2 Å². The van der Waals surface area contributed by atoms with Crippen molar-refractivity contribution in [1.82, 2.24) is 4.98 Å². The smallest absolute Gasteiger partial charge is 0.228 e. The quantitative estimate of drug-likeness (QED) is 0.686. The molecular formula is C20H17NO2. The Balaban J connectivity index is 1.90. The molecule has 23 heavy (non-hydrogen) atoms. The Kier molecular flexibility index (Phi) is 3.36. The average molecular weight is 303 g/mol. The van der Waals surface area contributed by atoms with Crippen LogP contribution in [0.2, 0.25) is 0 Å². The molecule has 1 aliphatic rings. The first kappa shape index (κ1) is 14.0. The molecule has 0 radical (unpaired) electrons. The Bertz CT molecular complexity index is 900. The minimum atomic E-state index is -0.441. The van der Waals surface area contributed by atoms with E-state index in [0.29, 0.717) is 0 Å². The third-order valence-electron chi connectivity index (χ3n) is 4.06. The van der Waals surface area contributed by atoms with Gasteiger partial charge in [-0.1, -0.05) is 42.5 Å². The normalized spacial score (nSPS) is 16.6. The number of methoxy groups -OCH3 is 1. The highest BCUT2D eigenvalue weighted by Gasteiger charge is 2.24. The van der Waals surface area contributed by atoms with Gasteiger partial charge in [0.15, 0.2) is 0 Å². The summed E-state index contributed by atoms with van der Waals surface area (Å²) in [5.74, 6) is 0.782. The van der Waals surface area contributed by atoms with Gasteiger partial charge < -0.3 is 9.47 Å². The largest absolute Gasteiger partial charge is 0.460 e. The van der Waals surface area contributed by atoms with Gasteiger partial charge in [-0.25, -0.2) is 4.98 Å². The summed E-state index contributed by atoms with van der Waals surface area (Å²) in [4.78, 5) is 4.81. The molecule has 0 N–H and O–H groups in total. The number of benzene rings is 2. The lowest BCUT2D eigenvalue weighted by Crippen LogP contribution is -2.13. The van der Waals surface area contributed by atoms with E-state index in [9.17, 15) is 0 Å². The summed E-state index contributed by atoms with van der Waals surface area (Å²) in [7, 11) is 1.65. The van der Waals surface area contributed by atoms with Crippen LogP contribution in [0.15, 0.2) is 54.6 Å². The van der Waals surface area contributed by atoms with Crippen molar-refractivity contribution in [1.29, 1.82) is 0 Å². The summed E-state index contributed by atoms with van der Waals surface area (Å²) in [6, 6.07) is 18.4. The standard InChI is InChI=1S/C20H17NO2/c1-13-8-9-15-11-16-18(21-17(15)10-13)12-19(23-20(16)22-2)14-6-4-3-5-7-14/h3-12,20H,1-2H3. The van der Waals surface area contributed by atoms with Crippen molar-refractivity contribution in [2.24, 2.45) is 0 Å². The summed E-state index contributed by atoms with van der Waals surface area (Å²) in [5, 5.41) is 1.09. The molecule has 1 atom stereocenters. The number of pyridine rings is 1. The summed E-state index contributed by atoms with van der Waals surface area (Å²) in [5.41, 5.74) is 5.08. The second kappa shape index (κ2) is 5.52. The number of fused-ring (bicyclic) bond motifs is 2. The Morgan fingerprint density at radius 3 is 2.65 bits per heavy atom. The van der Waals surface area contributed by atoms with E-state index < -0.39 is 6.29 Å². The molecule has 1 aromatic heterocycles. The van der Waals surface area contributed by atoms with Crippen LogP contribution in [0.4, 0.5) is 0 Å². The zero-order valence-corrected chi connectivity index (χ0v) is 13.1. The van der Waals surface area contributed by atoms with Gasteiger partial charge in [0, 0.05) is 29.7 Å². The first-order valence-corrected chi connectivity index (χ1v) is 7.62. The fourth-order valence-corrected chi connectivity index (χ4v) is 2.88. The number of aryl methyl sites for hydroxylation is 1. The SMILES string of the molecule is COC1OC(c2ccccc2)=Cc2nc3cc(C)ccc3cc21. The van der Waals surface area contributed by atoms with Gasteiger partial charge in [0.05, 0.1) is 11.2 Å². The summed E-state index contributed by atoms with van der Waals surface area (Å²) >= 11 is 0. The molecule has 1 aliphatic heterocycles. The predicted molar refractivity (Wildman–Crippen MR) is 91.6 cm³/mol. The molecule has 0 spiro atoms. The lowest BCUT2D eigenvalue weighted by atomic mass is 10.0. The number of hydrogen-bond acceptors (Lipinski definition) is 3. The number of nitrogens with zero attached hydrogens (tertiary/aromatic N) is 1. The highest BCUT2D eigenvalue weighted by molar-refractivity contribution is 5.85. The van der Waals surface area contributed by atoms with Crippen LogP contribution in [0.5, 0.6) is 0 Å². The molecule has 0 fully saturated rings. The fraction of sp³-hybridized carbons (Fsp3) is 0.150. The van der Waals surface area contributed by atoms with Crippen LogP contribution in [0.1, 0.15) is 28.7 Å². The van der Waals surface area contributed by atoms with Gasteiger partial charge >= 0.3 is 0 Å². The van der Waals surface area contributed by atoms with Crippen molar-refractivity contribution in [2.75, 3.05) is 7.11 Å². The second-order valence-corrected chi connectivity index (χ2v) is 5.72. The molecular weight excluding hydrogens is 286 g/mol. The van der Waals surface area contributed by atoms with Crippen molar-refractivity contribution in [3.63, 3.8) is 0 Å². The van der Waals surface area contributed by atoms with Crippen LogP contribution in [0.25, 0.3) is 22.7 Å². The summed E-state index contributed by atoms with van der Waals surface area (Å²) < 4.78 is 11.6. The maximum absolute atomic E-state index is 6.02. The van der Waals surface area contributed by atoms with E-state index in [-0.39, 0.29) is 0 Å². The van der Waals surface area contributed by atoms with Crippen LogP contribution >= 0.6 is 0 Å². The molecule has 0 bridgehead atoms. The van der Waals surface area contributed by atoms with Crippen molar-refractivity contribution in [3.05, 3.63) is 77.0 Å². The van der Waals surface area contributed by atoms with E-state index in [1.165, 1.54) is 5.56 Å². The average Bonchev–Trinajstić information content (AvgIpc) is 2.59. The monoisotopic (exact) mass is 303 g/mol. The third kappa shape index (κ3) is 2.49. The minimum Gasteiger partial charge on any atom is -0.460 e. The lowest BCUT2D eigenvalue weighted by Gasteiger charge is -2.26. The van der Waals surface area contributed by atoms with E-state index in [1.807, 2.05) is 36.4 Å². The van der Waals surface area contributed by atoms with Crippen LogP contribution in [-0.4, -0.2) is 12.1 Å². The number of ether oxygens (including phenoxy) is 2. The Morgan fingerprint density at radius 2 is 1.87 bits per heavy atom. The Labute approximate surface area is 135 Å². The zero-order valence-electron chi connectivity index (χ0n) is 13.1. The molecule has 114 valence electrons. The van der Waals surface area contributed by atoms with Gasteiger partial charge in [0.25, 0.3) is 0 Å². The topological polar surface area (TPSA) is 31.4 Å². The Morgan fingerprint density at radius 1 is 1.04 bits per heavy atom. The minimum absolute atomic E-state index is 0.441. The van der Waals surface area contributed by atoms with E-state index in [0.717, 1.165) is 33.5 Å². The van der Waals surface area contributed by atoms with Crippen molar-refractivity contribution < 1.29 is 9.47 Å². The van der Waals surface area contributed by atoms with Crippen molar-refractivity contribution >= 4 is 22.7 Å². The van der Waals surface area contributed by atoms with Crippen LogP contribution < -0.4 is 0 Å². The third-order valence-corrected chi connectivity index (χ3v) is 4.06. The van der Waals surface area contributed by atoms with Gasteiger partial charge in [-0.05, 0) is 24.6 Å². The fourth-order valence-electron chi connectivity index (χ4n) is 2.88. The summed E-state index contributed by atoms with van der Waals surface area (Å²) in [6.45, 7) is 2.08. The van der Waals surface area contributed by atoms with Crippen molar-refractivity contribution in [2.45, 2.75) is 13.2 Å². The van der Waals surface area contributed by atoms with Crippen LogP contribution in [0, 0.1) is 6.92 Å². The zero-order chi connectivity index (χ0) is 15.8. The molecule has 0 saturated carbocycles. The number of aromatic nitrogens is 1. The molecule has 0 amide bonds. The Hall–Kier alpha value is -2.65. The number of hydrogen-bond donors (Lipinski definition) is 0. The molecule has 1 unspecified atom stereocenters. The van der Waals surface area contributed by atoms with Crippen molar-refractivity contribution in [3.8, 4) is 0 Å². The molecule has 3 aromatic rings. The summed E-state index contributed by atoms with van der Waals surface area (Å²) in [6.07, 6.45) is 1.55. The van der Waals surface area contributed by atoms with Gasteiger partial charge in [-0.2, -0.15) is 0 Å². The lowest BCUT2D eigenvalue weighted by molar-refractivity contribution is -0.0767. The van der Waals surface area contributed by atoms with E-state index >= 15 is 0 Å². The molecule has 3 heteroatoms. The molecule has 0 aliphatic carbocycles.